The summed E-state index contributed by atoms with van der Waals surface area (Å²) >= 11 is 0. The van der Waals surface area contributed by atoms with E-state index in [1.807, 2.05) is 0 Å². The van der Waals surface area contributed by atoms with Gasteiger partial charge in [0.05, 0.1) is 0 Å². The van der Waals surface area contributed by atoms with E-state index < -0.39 is 0 Å². The maximum Gasteiger partial charge on any atom is 0.228 e. The first-order chi connectivity index (χ1) is 11.2. The summed E-state index contributed by atoms with van der Waals surface area (Å²) in [6.45, 7) is 0.486. The lowest BCUT2D eigenvalue weighted by Gasteiger charge is -2.20. The zero-order valence-corrected chi connectivity index (χ0v) is 12.9. The second-order valence-corrected chi connectivity index (χ2v) is 5.89. The molecule has 1 fully saturated rings. The largest absolute Gasteiger partial charge is 0.355 e. The van der Waals surface area contributed by atoms with Crippen LogP contribution in [0.5, 0.6) is 0 Å². The van der Waals surface area contributed by atoms with Gasteiger partial charge in [-0.2, -0.15) is 4.98 Å². The number of hydrogen-bond acceptors (Lipinski definition) is 4. The average molecular weight is 317 g/mol. The molecule has 3 rings (SSSR count). The predicted molar refractivity (Wildman–Crippen MR) is 83.0 cm³/mol. The van der Waals surface area contributed by atoms with Gasteiger partial charge in [0.2, 0.25) is 17.6 Å². The minimum absolute atomic E-state index is 0.128. The van der Waals surface area contributed by atoms with E-state index in [2.05, 4.69) is 15.5 Å². The first kappa shape index (κ1) is 15.6. The second-order valence-electron chi connectivity index (χ2n) is 5.89. The second kappa shape index (κ2) is 7.35. The van der Waals surface area contributed by atoms with Gasteiger partial charge in [-0.15, -0.1) is 0 Å². The summed E-state index contributed by atoms with van der Waals surface area (Å²) in [5, 5.41) is 6.82. The van der Waals surface area contributed by atoms with E-state index in [0.29, 0.717) is 30.2 Å². The molecule has 0 saturated heterocycles. The Hall–Kier alpha value is -2.24. The molecule has 0 unspecified atom stereocenters. The maximum atomic E-state index is 12.9. The van der Waals surface area contributed by atoms with Crippen LogP contribution in [0.4, 0.5) is 4.39 Å². The lowest BCUT2D eigenvalue weighted by molar-refractivity contribution is -0.125. The number of halogens is 1. The summed E-state index contributed by atoms with van der Waals surface area (Å²) < 4.78 is 18.1. The van der Waals surface area contributed by atoms with E-state index in [-0.39, 0.29) is 17.6 Å². The van der Waals surface area contributed by atoms with E-state index in [9.17, 15) is 9.18 Å². The van der Waals surface area contributed by atoms with Gasteiger partial charge in [0.15, 0.2) is 0 Å². The fraction of sp³-hybridized carbons (Fsp3) is 0.471. The van der Waals surface area contributed by atoms with Gasteiger partial charge in [-0.1, -0.05) is 24.4 Å². The van der Waals surface area contributed by atoms with Crippen molar-refractivity contribution < 1.29 is 13.7 Å². The fourth-order valence-corrected chi connectivity index (χ4v) is 2.87. The molecule has 0 spiro atoms. The summed E-state index contributed by atoms with van der Waals surface area (Å²) in [7, 11) is 0. The van der Waals surface area contributed by atoms with Crippen LogP contribution in [0.2, 0.25) is 0 Å². The number of amides is 1. The smallest absolute Gasteiger partial charge is 0.228 e. The monoisotopic (exact) mass is 317 g/mol. The van der Waals surface area contributed by atoms with Gasteiger partial charge in [-0.05, 0) is 37.1 Å². The molecule has 1 aliphatic rings. The van der Waals surface area contributed by atoms with Crippen molar-refractivity contribution in [3.8, 4) is 11.4 Å². The van der Waals surface area contributed by atoms with Crippen LogP contribution in [-0.2, 0) is 11.2 Å². The van der Waals surface area contributed by atoms with Gasteiger partial charge in [-0.25, -0.2) is 4.39 Å². The van der Waals surface area contributed by atoms with Gasteiger partial charge in [0.1, 0.15) is 5.82 Å². The number of carbonyl (C=O) groups excluding carboxylic acids is 1. The third kappa shape index (κ3) is 4.15. The average Bonchev–Trinajstić information content (AvgIpc) is 3.05. The number of benzene rings is 1. The van der Waals surface area contributed by atoms with Gasteiger partial charge in [-0.3, -0.25) is 4.79 Å². The van der Waals surface area contributed by atoms with Crippen LogP contribution < -0.4 is 5.32 Å². The summed E-state index contributed by atoms with van der Waals surface area (Å²) in [6.07, 6.45) is 5.98. The van der Waals surface area contributed by atoms with Crippen LogP contribution in [0.25, 0.3) is 11.4 Å². The van der Waals surface area contributed by atoms with Crippen molar-refractivity contribution in [3.05, 3.63) is 36.0 Å². The molecule has 23 heavy (non-hydrogen) atoms. The molecule has 1 heterocycles. The van der Waals surface area contributed by atoms with Crippen molar-refractivity contribution in [3.63, 3.8) is 0 Å². The molecule has 1 saturated carbocycles. The lowest BCUT2D eigenvalue weighted by atomic mass is 9.89. The van der Waals surface area contributed by atoms with Crippen molar-refractivity contribution in [1.29, 1.82) is 0 Å². The van der Waals surface area contributed by atoms with Crippen LogP contribution in [0.15, 0.2) is 28.8 Å². The Morgan fingerprint density at radius 3 is 2.70 bits per heavy atom. The third-order valence-corrected chi connectivity index (χ3v) is 4.18. The number of carbonyl (C=O) groups is 1. The van der Waals surface area contributed by atoms with Gasteiger partial charge in [0.25, 0.3) is 0 Å². The zero-order chi connectivity index (χ0) is 16.1. The minimum Gasteiger partial charge on any atom is -0.355 e. The quantitative estimate of drug-likeness (QED) is 0.920. The molecule has 6 heteroatoms. The molecule has 2 aromatic rings. The van der Waals surface area contributed by atoms with Crippen molar-refractivity contribution in [2.75, 3.05) is 6.54 Å². The summed E-state index contributed by atoms with van der Waals surface area (Å²) in [5.74, 6) is 0.874. The van der Waals surface area contributed by atoms with Gasteiger partial charge >= 0.3 is 0 Å². The van der Waals surface area contributed by atoms with Crippen LogP contribution in [0.3, 0.4) is 0 Å². The third-order valence-electron chi connectivity index (χ3n) is 4.18. The van der Waals surface area contributed by atoms with Crippen molar-refractivity contribution in [1.82, 2.24) is 15.5 Å². The van der Waals surface area contributed by atoms with E-state index in [4.69, 9.17) is 4.52 Å². The number of aromatic nitrogens is 2. The molecule has 0 bridgehead atoms. The van der Waals surface area contributed by atoms with Crippen molar-refractivity contribution in [2.24, 2.45) is 5.92 Å². The molecule has 5 nitrogen and oxygen atoms in total. The zero-order valence-electron chi connectivity index (χ0n) is 12.9. The Morgan fingerprint density at radius 2 is 1.96 bits per heavy atom. The molecular formula is C17H20FN3O2. The van der Waals surface area contributed by atoms with E-state index >= 15 is 0 Å². The molecule has 0 atom stereocenters. The highest BCUT2D eigenvalue weighted by molar-refractivity contribution is 5.78. The SMILES string of the molecule is O=C(NCCc1nc(-c2ccc(F)cc2)no1)C1CCCCC1. The number of nitrogens with zero attached hydrogens (tertiary/aromatic N) is 2. The van der Waals surface area contributed by atoms with E-state index in [1.165, 1.54) is 18.6 Å². The molecule has 1 aliphatic carbocycles. The molecular weight excluding hydrogens is 297 g/mol. The maximum absolute atomic E-state index is 12.9. The molecule has 122 valence electrons. The highest BCUT2D eigenvalue weighted by Crippen LogP contribution is 2.23. The van der Waals surface area contributed by atoms with Crippen LogP contribution >= 0.6 is 0 Å². The summed E-state index contributed by atoms with van der Waals surface area (Å²) in [5.41, 5.74) is 0.702. The fourth-order valence-electron chi connectivity index (χ4n) is 2.87. The number of hydrogen-bond donors (Lipinski definition) is 1. The summed E-state index contributed by atoms with van der Waals surface area (Å²) in [6, 6.07) is 5.93. The first-order valence-corrected chi connectivity index (χ1v) is 8.08. The van der Waals surface area contributed by atoms with Crippen LogP contribution in [0.1, 0.15) is 38.0 Å². The Balaban J connectivity index is 1.49. The van der Waals surface area contributed by atoms with Crippen molar-refractivity contribution >= 4 is 5.91 Å². The van der Waals surface area contributed by atoms with Gasteiger partial charge < -0.3 is 9.84 Å². The lowest BCUT2D eigenvalue weighted by Crippen LogP contribution is -2.33. The topological polar surface area (TPSA) is 68.0 Å². The van der Waals surface area contributed by atoms with Crippen molar-refractivity contribution in [2.45, 2.75) is 38.5 Å². The molecule has 1 N–H and O–H groups in total. The summed E-state index contributed by atoms with van der Waals surface area (Å²) in [4.78, 5) is 16.3. The molecule has 0 aliphatic heterocycles. The Bertz CT molecular complexity index is 648. The highest BCUT2D eigenvalue weighted by Gasteiger charge is 2.20. The minimum atomic E-state index is -0.303. The van der Waals surface area contributed by atoms with E-state index in [0.717, 1.165) is 25.7 Å². The Morgan fingerprint density at radius 1 is 1.22 bits per heavy atom. The normalized spacial score (nSPS) is 15.5. The predicted octanol–water partition coefficient (Wildman–Crippen LogP) is 3.11. The number of rotatable bonds is 5. The number of nitrogens with one attached hydrogen (secondary N) is 1. The Labute approximate surface area is 134 Å². The van der Waals surface area contributed by atoms with Crippen LogP contribution in [0, 0.1) is 11.7 Å². The van der Waals surface area contributed by atoms with Crippen LogP contribution in [-0.4, -0.2) is 22.6 Å². The first-order valence-electron chi connectivity index (χ1n) is 8.08. The Kier molecular flexibility index (Phi) is 5.00. The molecule has 1 aromatic heterocycles. The highest BCUT2D eigenvalue weighted by atomic mass is 19.1. The molecule has 0 radical (unpaired) electrons. The standard InChI is InChI=1S/C17H20FN3O2/c18-14-8-6-12(7-9-14)16-20-15(23-21-16)10-11-19-17(22)13-4-2-1-3-5-13/h6-9,13H,1-5,10-11H2,(H,19,22). The van der Waals surface area contributed by atoms with Gasteiger partial charge in [0, 0.05) is 24.4 Å². The molecule has 1 aromatic carbocycles. The molecule has 1 amide bonds. The van der Waals surface area contributed by atoms with E-state index in [1.54, 1.807) is 12.1 Å².